The van der Waals surface area contributed by atoms with Crippen molar-refractivity contribution in [2.75, 3.05) is 12.4 Å². The average Bonchev–Trinajstić information content (AvgIpc) is 2.69. The Labute approximate surface area is 161 Å². The zero-order valence-corrected chi connectivity index (χ0v) is 16.0. The Bertz CT molecular complexity index is 881. The van der Waals surface area contributed by atoms with E-state index in [2.05, 4.69) is 36.5 Å². The summed E-state index contributed by atoms with van der Waals surface area (Å²) in [6.07, 6.45) is 0.387. The first-order valence-electron chi connectivity index (χ1n) is 9.12. The lowest BCUT2D eigenvalue weighted by molar-refractivity contribution is 0.0976. The zero-order chi connectivity index (χ0) is 19.2. The van der Waals surface area contributed by atoms with Crippen LogP contribution in [0.25, 0.3) is 0 Å². The summed E-state index contributed by atoms with van der Waals surface area (Å²) in [5.74, 6) is 0.935. The van der Waals surface area contributed by atoms with Crippen LogP contribution in [0.5, 0.6) is 5.75 Å². The van der Waals surface area contributed by atoms with E-state index in [9.17, 15) is 4.79 Å². The van der Waals surface area contributed by atoms with E-state index in [1.54, 1.807) is 7.11 Å². The molecule has 3 aromatic carbocycles. The van der Waals surface area contributed by atoms with Crippen LogP contribution in [-0.2, 0) is 0 Å². The maximum atomic E-state index is 12.8. The number of ketones is 1. The molecule has 3 nitrogen and oxygen atoms in total. The third-order valence-electron chi connectivity index (χ3n) is 4.67. The van der Waals surface area contributed by atoms with Gasteiger partial charge in [-0.1, -0.05) is 59.7 Å². The first-order valence-corrected chi connectivity index (χ1v) is 9.12. The van der Waals surface area contributed by atoms with Gasteiger partial charge in [0.05, 0.1) is 13.2 Å². The molecule has 0 aliphatic rings. The molecular weight excluding hydrogens is 334 g/mol. The smallest absolute Gasteiger partial charge is 0.165 e. The van der Waals surface area contributed by atoms with Gasteiger partial charge in [-0.05, 0) is 43.7 Å². The molecule has 0 aliphatic heterocycles. The number of carbonyl (C=O) groups is 1. The minimum absolute atomic E-state index is 0.104. The highest BCUT2D eigenvalue weighted by Gasteiger charge is 2.17. The SMILES string of the molecule is COc1ccc(NC(CC(=O)c2ccc(C)cc2)c2ccc(C)cc2)cc1. The highest BCUT2D eigenvalue weighted by molar-refractivity contribution is 5.96. The molecule has 0 fully saturated rings. The molecule has 1 atom stereocenters. The van der Waals surface area contributed by atoms with Gasteiger partial charge >= 0.3 is 0 Å². The molecule has 0 spiro atoms. The van der Waals surface area contributed by atoms with Gasteiger partial charge in [-0.25, -0.2) is 0 Å². The van der Waals surface area contributed by atoms with Gasteiger partial charge < -0.3 is 10.1 Å². The molecule has 27 heavy (non-hydrogen) atoms. The van der Waals surface area contributed by atoms with Crippen molar-refractivity contribution in [3.8, 4) is 5.75 Å². The molecule has 0 saturated heterocycles. The third kappa shape index (κ3) is 4.98. The Hall–Kier alpha value is -3.07. The summed E-state index contributed by atoms with van der Waals surface area (Å²) in [4.78, 5) is 12.8. The van der Waals surface area contributed by atoms with Crippen LogP contribution in [-0.4, -0.2) is 12.9 Å². The van der Waals surface area contributed by atoms with Gasteiger partial charge in [0.1, 0.15) is 5.75 Å². The molecule has 3 rings (SSSR count). The molecular formula is C24H25NO2. The zero-order valence-electron chi connectivity index (χ0n) is 16.0. The Balaban J connectivity index is 1.83. The molecule has 3 heteroatoms. The monoisotopic (exact) mass is 359 g/mol. The van der Waals surface area contributed by atoms with E-state index in [0.29, 0.717) is 6.42 Å². The number of nitrogens with one attached hydrogen (secondary N) is 1. The summed E-state index contributed by atoms with van der Waals surface area (Å²) in [5.41, 5.74) is 5.15. The summed E-state index contributed by atoms with van der Waals surface area (Å²) in [7, 11) is 1.65. The van der Waals surface area contributed by atoms with Crippen molar-refractivity contribution in [3.63, 3.8) is 0 Å². The number of anilines is 1. The lowest BCUT2D eigenvalue weighted by atomic mass is 9.96. The largest absolute Gasteiger partial charge is 0.497 e. The summed E-state index contributed by atoms with van der Waals surface area (Å²) >= 11 is 0. The summed E-state index contributed by atoms with van der Waals surface area (Å²) in [5, 5.41) is 3.50. The lowest BCUT2D eigenvalue weighted by Crippen LogP contribution is -2.16. The van der Waals surface area contributed by atoms with E-state index in [0.717, 1.165) is 28.1 Å². The average molecular weight is 359 g/mol. The second-order valence-electron chi connectivity index (χ2n) is 6.83. The van der Waals surface area contributed by atoms with E-state index in [1.807, 2.05) is 55.5 Å². The van der Waals surface area contributed by atoms with Gasteiger partial charge in [0.25, 0.3) is 0 Å². The van der Waals surface area contributed by atoms with Crippen LogP contribution in [0.3, 0.4) is 0 Å². The van der Waals surface area contributed by atoms with Crippen molar-refractivity contribution in [1.82, 2.24) is 0 Å². The molecule has 0 bridgehead atoms. The molecule has 1 unspecified atom stereocenters. The summed E-state index contributed by atoms with van der Waals surface area (Å²) < 4.78 is 5.22. The molecule has 0 aliphatic carbocycles. The third-order valence-corrected chi connectivity index (χ3v) is 4.67. The predicted molar refractivity (Wildman–Crippen MR) is 111 cm³/mol. The lowest BCUT2D eigenvalue weighted by Gasteiger charge is -2.20. The fraction of sp³-hybridized carbons (Fsp3) is 0.208. The number of hydrogen-bond donors (Lipinski definition) is 1. The number of methoxy groups -OCH3 is 1. The molecule has 3 aromatic rings. The van der Waals surface area contributed by atoms with Crippen molar-refractivity contribution in [3.05, 3.63) is 95.1 Å². The predicted octanol–water partition coefficient (Wildman–Crippen LogP) is 5.74. The standard InChI is InChI=1S/C24H25NO2/c1-17-4-8-19(9-5-17)23(25-21-12-14-22(27-3)15-13-21)16-24(26)20-10-6-18(2)7-11-20/h4-15,23,25H,16H2,1-3H3. The number of hydrogen-bond acceptors (Lipinski definition) is 3. The van der Waals surface area contributed by atoms with Crippen molar-refractivity contribution in [2.45, 2.75) is 26.3 Å². The molecule has 0 aromatic heterocycles. The molecule has 0 saturated carbocycles. The van der Waals surface area contributed by atoms with E-state index < -0.39 is 0 Å². The number of carbonyl (C=O) groups excluding carboxylic acids is 1. The molecule has 0 amide bonds. The van der Waals surface area contributed by atoms with E-state index in [1.165, 1.54) is 5.56 Å². The van der Waals surface area contributed by atoms with Crippen LogP contribution in [0.2, 0.25) is 0 Å². The highest BCUT2D eigenvalue weighted by atomic mass is 16.5. The van der Waals surface area contributed by atoms with Gasteiger partial charge in [-0.15, -0.1) is 0 Å². The van der Waals surface area contributed by atoms with E-state index in [4.69, 9.17) is 4.74 Å². The Morgan fingerprint density at radius 2 is 1.41 bits per heavy atom. The van der Waals surface area contributed by atoms with Crippen LogP contribution in [0.4, 0.5) is 5.69 Å². The number of aryl methyl sites for hydroxylation is 2. The van der Waals surface area contributed by atoms with Gasteiger partial charge in [0, 0.05) is 17.7 Å². The number of Topliss-reactive ketones (excluding diaryl/α,β-unsaturated/α-hetero) is 1. The van der Waals surface area contributed by atoms with Gasteiger partial charge in [0.15, 0.2) is 5.78 Å². The topological polar surface area (TPSA) is 38.3 Å². The maximum absolute atomic E-state index is 12.8. The fourth-order valence-electron chi connectivity index (χ4n) is 2.98. The van der Waals surface area contributed by atoms with Crippen LogP contribution < -0.4 is 10.1 Å². The van der Waals surface area contributed by atoms with Crippen LogP contribution in [0.1, 0.15) is 39.5 Å². The first-order chi connectivity index (χ1) is 13.0. The molecule has 1 N–H and O–H groups in total. The van der Waals surface area contributed by atoms with E-state index >= 15 is 0 Å². The molecule has 138 valence electrons. The highest BCUT2D eigenvalue weighted by Crippen LogP contribution is 2.26. The minimum atomic E-state index is -0.104. The number of benzene rings is 3. The van der Waals surface area contributed by atoms with E-state index in [-0.39, 0.29) is 11.8 Å². The van der Waals surface area contributed by atoms with Gasteiger partial charge in [-0.3, -0.25) is 4.79 Å². The van der Waals surface area contributed by atoms with Crippen LogP contribution in [0, 0.1) is 13.8 Å². The normalized spacial score (nSPS) is 11.7. The Morgan fingerprint density at radius 3 is 1.96 bits per heavy atom. The molecule has 0 radical (unpaired) electrons. The van der Waals surface area contributed by atoms with Crippen molar-refractivity contribution >= 4 is 11.5 Å². The van der Waals surface area contributed by atoms with Crippen molar-refractivity contribution in [2.24, 2.45) is 0 Å². The quantitative estimate of drug-likeness (QED) is 0.547. The molecule has 0 heterocycles. The minimum Gasteiger partial charge on any atom is -0.497 e. The number of ether oxygens (including phenoxy) is 1. The van der Waals surface area contributed by atoms with Crippen LogP contribution >= 0.6 is 0 Å². The van der Waals surface area contributed by atoms with Gasteiger partial charge in [-0.2, -0.15) is 0 Å². The second-order valence-corrected chi connectivity index (χ2v) is 6.83. The van der Waals surface area contributed by atoms with Crippen molar-refractivity contribution < 1.29 is 9.53 Å². The Morgan fingerprint density at radius 1 is 0.852 bits per heavy atom. The summed E-state index contributed by atoms with van der Waals surface area (Å²) in [6.45, 7) is 4.09. The van der Waals surface area contributed by atoms with Crippen molar-refractivity contribution in [1.29, 1.82) is 0 Å². The second kappa shape index (κ2) is 8.54. The first kappa shape index (κ1) is 18.7. The Kier molecular flexibility index (Phi) is 5.92. The maximum Gasteiger partial charge on any atom is 0.165 e. The summed E-state index contributed by atoms with van der Waals surface area (Å²) in [6, 6.07) is 23.7. The fourth-order valence-corrected chi connectivity index (χ4v) is 2.98. The van der Waals surface area contributed by atoms with Gasteiger partial charge in [0.2, 0.25) is 0 Å². The number of rotatable bonds is 7. The van der Waals surface area contributed by atoms with Crippen LogP contribution in [0.15, 0.2) is 72.8 Å².